The maximum atomic E-state index is 13.6. The van der Waals surface area contributed by atoms with E-state index in [0.29, 0.717) is 56.6 Å². The fourth-order valence-electron chi connectivity index (χ4n) is 5.98. The summed E-state index contributed by atoms with van der Waals surface area (Å²) in [5, 5.41) is 16.8. The van der Waals surface area contributed by atoms with E-state index < -0.39 is 5.91 Å². The van der Waals surface area contributed by atoms with Crippen molar-refractivity contribution in [3.63, 3.8) is 0 Å². The van der Waals surface area contributed by atoms with Crippen LogP contribution >= 0.6 is 0 Å². The van der Waals surface area contributed by atoms with Gasteiger partial charge < -0.3 is 20.1 Å². The highest BCUT2D eigenvalue weighted by Crippen LogP contribution is 2.30. The van der Waals surface area contributed by atoms with E-state index in [1.54, 1.807) is 17.9 Å². The molecule has 1 aliphatic rings. The number of nitrogens with one attached hydrogen (secondary N) is 3. The van der Waals surface area contributed by atoms with Crippen LogP contribution in [0.1, 0.15) is 72.8 Å². The van der Waals surface area contributed by atoms with Crippen LogP contribution in [0.25, 0.3) is 22.0 Å². The van der Waals surface area contributed by atoms with E-state index in [1.807, 2.05) is 67.6 Å². The normalized spacial score (nSPS) is 13.3. The van der Waals surface area contributed by atoms with Crippen molar-refractivity contribution >= 4 is 34.4 Å². The van der Waals surface area contributed by atoms with Gasteiger partial charge in [0.1, 0.15) is 5.82 Å². The third kappa shape index (κ3) is 7.68. The van der Waals surface area contributed by atoms with Gasteiger partial charge >= 0.3 is 0 Å². The Morgan fingerprint density at radius 3 is 2.38 bits per heavy atom. The van der Waals surface area contributed by atoms with Gasteiger partial charge in [-0.15, -0.1) is 0 Å². The zero-order valence-corrected chi connectivity index (χ0v) is 27.3. The average Bonchev–Trinajstić information content (AvgIpc) is 3.50. The molecule has 0 radical (unpaired) electrons. The molecule has 13 nitrogen and oxygen atoms in total. The van der Waals surface area contributed by atoms with E-state index in [1.165, 1.54) is 0 Å². The molecule has 0 spiro atoms. The van der Waals surface area contributed by atoms with Gasteiger partial charge in [0, 0.05) is 80.0 Å². The molecule has 1 saturated heterocycles. The molecule has 0 bridgehead atoms. The number of unbranched alkanes of at least 4 members (excludes halogenated alkanes) is 1. The number of rotatable bonds is 11. The smallest absolute Gasteiger partial charge is 0.253 e. The quantitative estimate of drug-likeness (QED) is 0.109. The third-order valence-corrected chi connectivity index (χ3v) is 8.58. The van der Waals surface area contributed by atoms with Crippen molar-refractivity contribution < 1.29 is 19.6 Å². The molecule has 5 rings (SSSR count). The first-order valence-electron chi connectivity index (χ1n) is 16.0. The summed E-state index contributed by atoms with van der Waals surface area (Å²) in [6.07, 6.45) is 5.20. The first-order chi connectivity index (χ1) is 22.5. The van der Waals surface area contributed by atoms with Crippen LogP contribution in [0.2, 0.25) is 0 Å². The van der Waals surface area contributed by atoms with E-state index in [-0.39, 0.29) is 36.4 Å². The highest BCUT2D eigenvalue weighted by atomic mass is 16.5. The summed E-state index contributed by atoms with van der Waals surface area (Å²) < 4.78 is 1.89. The molecule has 0 unspecified atom stereocenters. The standard InChI is InChI=1S/C34H42N8O5/c1-21(2)42-29-17-25(16-26(28(29)20-37-42)33(45)36-19-27-22(3)15-23(4)38-34(27)46)24-9-10-30(35-18-24)40-11-13-41(14-12-40)32(44)8-6-5-7-31(43)39-47/h9-10,15-18,20-21,47H,5-8,11-14,19H2,1-4H3,(H,36,45)(H,38,46)(H,39,43). The second-order valence-electron chi connectivity index (χ2n) is 12.3. The predicted molar refractivity (Wildman–Crippen MR) is 178 cm³/mol. The van der Waals surface area contributed by atoms with Crippen LogP contribution in [0, 0.1) is 13.8 Å². The molecule has 3 aromatic heterocycles. The highest BCUT2D eigenvalue weighted by molar-refractivity contribution is 6.08. The zero-order chi connectivity index (χ0) is 33.7. The van der Waals surface area contributed by atoms with Gasteiger partial charge in [0.2, 0.25) is 11.8 Å². The lowest BCUT2D eigenvalue weighted by atomic mass is 10.0. The number of carbonyl (C=O) groups excluding carboxylic acids is 3. The van der Waals surface area contributed by atoms with E-state index in [0.717, 1.165) is 39.1 Å². The lowest BCUT2D eigenvalue weighted by molar-refractivity contribution is -0.132. The molecule has 1 fully saturated rings. The van der Waals surface area contributed by atoms with Gasteiger partial charge in [0.05, 0.1) is 17.3 Å². The zero-order valence-electron chi connectivity index (χ0n) is 27.3. The van der Waals surface area contributed by atoms with E-state index >= 15 is 0 Å². The fourth-order valence-corrected chi connectivity index (χ4v) is 5.98. The number of benzene rings is 1. The van der Waals surface area contributed by atoms with Gasteiger partial charge in [-0.05, 0) is 82.0 Å². The minimum atomic E-state index is -0.443. The van der Waals surface area contributed by atoms with Crippen molar-refractivity contribution in [2.45, 2.75) is 66.0 Å². The predicted octanol–water partition coefficient (Wildman–Crippen LogP) is 3.63. The van der Waals surface area contributed by atoms with Gasteiger partial charge in [-0.2, -0.15) is 5.10 Å². The Balaban J connectivity index is 1.29. The molecule has 1 aromatic carbocycles. The second kappa shape index (κ2) is 14.6. The molecule has 1 aliphatic heterocycles. The number of carbonyl (C=O) groups is 3. The number of fused-ring (bicyclic) bond motifs is 1. The number of hydrogen-bond donors (Lipinski definition) is 4. The van der Waals surface area contributed by atoms with Gasteiger partial charge in [-0.1, -0.05) is 0 Å². The number of piperazine rings is 1. The Morgan fingerprint density at radius 1 is 0.979 bits per heavy atom. The SMILES string of the molecule is Cc1cc(C)c(CNC(=O)c2cc(-c3ccc(N4CCN(C(=O)CCCCC(=O)NO)CC4)nc3)cc3c2cnn3C(C)C)c(=O)[nH]1. The van der Waals surface area contributed by atoms with Crippen LogP contribution in [0.4, 0.5) is 5.82 Å². The summed E-state index contributed by atoms with van der Waals surface area (Å²) in [5.74, 6) is 0.128. The summed E-state index contributed by atoms with van der Waals surface area (Å²) in [5.41, 5.74) is 6.46. The third-order valence-electron chi connectivity index (χ3n) is 8.58. The monoisotopic (exact) mass is 642 g/mol. The summed E-state index contributed by atoms with van der Waals surface area (Å²) in [6, 6.07) is 9.76. The number of hydroxylamine groups is 1. The van der Waals surface area contributed by atoms with Crippen molar-refractivity contribution in [2.75, 3.05) is 31.1 Å². The van der Waals surface area contributed by atoms with Crippen molar-refractivity contribution in [2.24, 2.45) is 0 Å². The Morgan fingerprint density at radius 2 is 1.72 bits per heavy atom. The number of anilines is 1. The summed E-state index contributed by atoms with van der Waals surface area (Å²) >= 11 is 0. The van der Waals surface area contributed by atoms with Crippen LogP contribution in [0.5, 0.6) is 0 Å². The highest BCUT2D eigenvalue weighted by Gasteiger charge is 2.22. The molecule has 0 atom stereocenters. The molecule has 13 heteroatoms. The van der Waals surface area contributed by atoms with E-state index in [4.69, 9.17) is 10.2 Å². The largest absolute Gasteiger partial charge is 0.353 e. The maximum absolute atomic E-state index is 13.6. The lowest BCUT2D eigenvalue weighted by Gasteiger charge is -2.35. The van der Waals surface area contributed by atoms with Crippen LogP contribution in [-0.4, -0.2) is 73.8 Å². The summed E-state index contributed by atoms with van der Waals surface area (Å²) in [4.78, 5) is 61.4. The molecule has 0 aliphatic carbocycles. The Bertz CT molecular complexity index is 1820. The lowest BCUT2D eigenvalue weighted by Crippen LogP contribution is -2.49. The number of pyridine rings is 2. The summed E-state index contributed by atoms with van der Waals surface area (Å²) in [6.45, 7) is 10.3. The number of H-pyrrole nitrogens is 1. The van der Waals surface area contributed by atoms with Gasteiger partial charge in [-0.3, -0.25) is 29.1 Å². The average molecular weight is 643 g/mol. The molecule has 4 N–H and O–H groups in total. The number of aryl methyl sites for hydroxylation is 2. The Kier molecular flexibility index (Phi) is 10.3. The van der Waals surface area contributed by atoms with Gasteiger partial charge in [0.15, 0.2) is 0 Å². The number of amides is 3. The number of hydrogen-bond acceptors (Lipinski definition) is 8. The topological polar surface area (TPSA) is 166 Å². The molecule has 4 heterocycles. The van der Waals surface area contributed by atoms with Crippen LogP contribution in [0.3, 0.4) is 0 Å². The fraction of sp³-hybridized carbons (Fsp3) is 0.412. The first kappa shape index (κ1) is 33.3. The number of aromatic nitrogens is 4. The maximum Gasteiger partial charge on any atom is 0.253 e. The van der Waals surface area contributed by atoms with Crippen LogP contribution < -0.4 is 21.3 Å². The molecule has 3 amide bonds. The Labute approximate surface area is 272 Å². The number of aromatic amines is 1. The van der Waals surface area contributed by atoms with Crippen molar-refractivity contribution in [1.29, 1.82) is 0 Å². The minimum Gasteiger partial charge on any atom is -0.353 e. The molecule has 47 heavy (non-hydrogen) atoms. The molecule has 0 saturated carbocycles. The first-order valence-corrected chi connectivity index (χ1v) is 16.0. The van der Waals surface area contributed by atoms with E-state index in [2.05, 4.69) is 20.3 Å². The molecule has 4 aromatic rings. The second-order valence-corrected chi connectivity index (χ2v) is 12.3. The van der Waals surface area contributed by atoms with Crippen molar-refractivity contribution in [3.05, 3.63) is 75.5 Å². The van der Waals surface area contributed by atoms with Crippen LogP contribution in [0.15, 0.2) is 47.5 Å². The van der Waals surface area contributed by atoms with Crippen molar-refractivity contribution in [3.8, 4) is 11.1 Å². The van der Waals surface area contributed by atoms with Gasteiger partial charge in [0.25, 0.3) is 11.5 Å². The Hall–Kier alpha value is -5.04. The minimum absolute atomic E-state index is 0.0639. The number of nitrogens with zero attached hydrogens (tertiary/aromatic N) is 5. The van der Waals surface area contributed by atoms with Crippen molar-refractivity contribution in [1.82, 2.24) is 35.4 Å². The molecule has 248 valence electrons. The van der Waals surface area contributed by atoms with Gasteiger partial charge in [-0.25, -0.2) is 10.5 Å². The van der Waals surface area contributed by atoms with Crippen LogP contribution in [-0.2, 0) is 16.1 Å². The molecular formula is C34H42N8O5. The summed E-state index contributed by atoms with van der Waals surface area (Å²) in [7, 11) is 0. The van der Waals surface area contributed by atoms with E-state index in [9.17, 15) is 19.2 Å². The molecular weight excluding hydrogens is 600 g/mol.